The van der Waals surface area contributed by atoms with Gasteiger partial charge in [0.2, 0.25) is 0 Å². The third-order valence-corrected chi connectivity index (χ3v) is 5.68. The molecule has 1 aromatic rings. The zero-order valence-corrected chi connectivity index (χ0v) is 13.5. The molecule has 116 valence electrons. The topological polar surface area (TPSA) is 15.3 Å². The second kappa shape index (κ2) is 6.93. The molecule has 0 atom stereocenters. The molecule has 3 rings (SSSR count). The largest absolute Gasteiger partial charge is 0.319 e. The molecule has 1 saturated carbocycles. The quantitative estimate of drug-likeness (QED) is 0.891. The zero-order valence-electron chi connectivity index (χ0n) is 13.5. The molecule has 2 heteroatoms. The van der Waals surface area contributed by atoms with E-state index in [1.807, 2.05) is 0 Å². The van der Waals surface area contributed by atoms with Gasteiger partial charge < -0.3 is 5.32 Å². The van der Waals surface area contributed by atoms with Crippen molar-refractivity contribution < 1.29 is 0 Å². The van der Waals surface area contributed by atoms with Crippen LogP contribution in [0.5, 0.6) is 0 Å². The second-order valence-electron chi connectivity index (χ2n) is 7.08. The monoisotopic (exact) mass is 286 g/mol. The van der Waals surface area contributed by atoms with Crippen LogP contribution in [0.15, 0.2) is 30.3 Å². The van der Waals surface area contributed by atoms with Crippen molar-refractivity contribution in [2.75, 3.05) is 26.7 Å². The average molecular weight is 286 g/mol. The zero-order chi connectivity index (χ0) is 14.5. The maximum Gasteiger partial charge on any atom is 0.0250 e. The normalized spacial score (nSPS) is 30.6. The predicted molar refractivity (Wildman–Crippen MR) is 89.6 cm³/mol. The van der Waals surface area contributed by atoms with Gasteiger partial charge in [-0.15, -0.1) is 0 Å². The molecule has 2 fully saturated rings. The van der Waals surface area contributed by atoms with E-state index in [4.69, 9.17) is 0 Å². The van der Waals surface area contributed by atoms with Crippen molar-refractivity contribution in [3.8, 4) is 0 Å². The van der Waals surface area contributed by atoms with Gasteiger partial charge >= 0.3 is 0 Å². The van der Waals surface area contributed by atoms with Crippen molar-refractivity contribution in [2.24, 2.45) is 5.92 Å². The maximum atomic E-state index is 3.37. The van der Waals surface area contributed by atoms with E-state index in [-0.39, 0.29) is 0 Å². The van der Waals surface area contributed by atoms with E-state index < -0.39 is 0 Å². The van der Waals surface area contributed by atoms with Crippen LogP contribution in [0, 0.1) is 5.92 Å². The fourth-order valence-corrected chi connectivity index (χ4v) is 4.48. The minimum Gasteiger partial charge on any atom is -0.319 e. The van der Waals surface area contributed by atoms with Crippen LogP contribution >= 0.6 is 0 Å². The van der Waals surface area contributed by atoms with E-state index in [0.717, 1.165) is 5.92 Å². The lowest BCUT2D eigenvalue weighted by atomic mass is 9.72. The van der Waals surface area contributed by atoms with Gasteiger partial charge in [-0.05, 0) is 83.1 Å². The van der Waals surface area contributed by atoms with Crippen molar-refractivity contribution in [2.45, 2.75) is 50.5 Å². The molecule has 0 aromatic heterocycles. The third-order valence-electron chi connectivity index (χ3n) is 5.68. The van der Waals surface area contributed by atoms with Crippen LogP contribution in [0.3, 0.4) is 0 Å². The number of benzene rings is 1. The summed E-state index contributed by atoms with van der Waals surface area (Å²) in [5.74, 6) is 0.890. The summed E-state index contributed by atoms with van der Waals surface area (Å²) in [4.78, 5) is 2.83. The summed E-state index contributed by atoms with van der Waals surface area (Å²) in [5.41, 5.74) is 1.97. The lowest BCUT2D eigenvalue weighted by molar-refractivity contribution is 0.0558. The van der Waals surface area contributed by atoms with Gasteiger partial charge in [0.05, 0.1) is 0 Å². The van der Waals surface area contributed by atoms with Gasteiger partial charge in [0, 0.05) is 5.54 Å². The Morgan fingerprint density at radius 1 is 1.10 bits per heavy atom. The molecule has 1 saturated heterocycles. The van der Waals surface area contributed by atoms with Crippen LogP contribution in [-0.2, 0) is 6.42 Å². The van der Waals surface area contributed by atoms with E-state index in [2.05, 4.69) is 47.6 Å². The van der Waals surface area contributed by atoms with E-state index in [9.17, 15) is 0 Å². The summed E-state index contributed by atoms with van der Waals surface area (Å²) in [7, 11) is 2.09. The Morgan fingerprint density at radius 3 is 2.38 bits per heavy atom. The Morgan fingerprint density at radius 2 is 1.76 bits per heavy atom. The van der Waals surface area contributed by atoms with Gasteiger partial charge in [-0.1, -0.05) is 30.3 Å². The summed E-state index contributed by atoms with van der Waals surface area (Å²) in [6, 6.07) is 11.2. The van der Waals surface area contributed by atoms with E-state index in [1.165, 1.54) is 70.1 Å². The molecule has 1 N–H and O–H groups in total. The highest BCUT2D eigenvalue weighted by atomic mass is 15.2. The third kappa shape index (κ3) is 3.49. The summed E-state index contributed by atoms with van der Waals surface area (Å²) in [6.07, 6.45) is 9.60. The van der Waals surface area contributed by atoms with E-state index >= 15 is 0 Å². The summed E-state index contributed by atoms with van der Waals surface area (Å²) in [5, 5.41) is 3.37. The summed E-state index contributed by atoms with van der Waals surface area (Å²) >= 11 is 0. The Kier molecular flexibility index (Phi) is 4.97. The first-order valence-corrected chi connectivity index (χ1v) is 8.76. The van der Waals surface area contributed by atoms with Crippen molar-refractivity contribution in [1.82, 2.24) is 10.2 Å². The number of nitrogens with zero attached hydrogens (tertiary/aromatic N) is 1. The van der Waals surface area contributed by atoms with E-state index in [1.54, 1.807) is 0 Å². The van der Waals surface area contributed by atoms with Gasteiger partial charge in [-0.3, -0.25) is 4.90 Å². The summed E-state index contributed by atoms with van der Waals surface area (Å²) < 4.78 is 0. The molecular formula is C19H30N2. The molecule has 1 aliphatic heterocycles. The van der Waals surface area contributed by atoms with Gasteiger partial charge in [0.1, 0.15) is 0 Å². The minimum absolute atomic E-state index is 0.447. The van der Waals surface area contributed by atoms with Crippen LogP contribution in [0.1, 0.15) is 44.1 Å². The first kappa shape index (κ1) is 15.1. The lowest BCUT2D eigenvalue weighted by Crippen LogP contribution is -2.51. The molecule has 0 bridgehead atoms. The Bertz CT molecular complexity index is 414. The van der Waals surface area contributed by atoms with Crippen molar-refractivity contribution in [1.29, 1.82) is 0 Å². The van der Waals surface area contributed by atoms with Crippen molar-refractivity contribution in [3.05, 3.63) is 35.9 Å². The molecule has 1 aliphatic carbocycles. The van der Waals surface area contributed by atoms with Crippen LogP contribution < -0.4 is 5.32 Å². The standard InChI is InChI=1S/C19H30N2/c1-20-16-18-9-11-19(12-10-18,21-13-5-6-14-21)15-17-7-3-2-4-8-17/h2-4,7-8,18,20H,5-6,9-16H2,1H3. The Hall–Kier alpha value is -0.860. The minimum atomic E-state index is 0.447. The van der Waals surface area contributed by atoms with Crippen LogP contribution in [0.25, 0.3) is 0 Å². The van der Waals surface area contributed by atoms with Gasteiger partial charge in [-0.25, -0.2) is 0 Å². The molecule has 2 aliphatic rings. The fourth-order valence-electron chi connectivity index (χ4n) is 4.48. The van der Waals surface area contributed by atoms with Crippen LogP contribution in [-0.4, -0.2) is 37.1 Å². The molecule has 0 amide bonds. The molecule has 2 nitrogen and oxygen atoms in total. The highest BCUT2D eigenvalue weighted by molar-refractivity contribution is 5.19. The van der Waals surface area contributed by atoms with Crippen molar-refractivity contribution >= 4 is 0 Å². The average Bonchev–Trinajstić information content (AvgIpc) is 3.06. The predicted octanol–water partition coefficient (Wildman–Crippen LogP) is 3.47. The van der Waals surface area contributed by atoms with Crippen molar-refractivity contribution in [3.63, 3.8) is 0 Å². The van der Waals surface area contributed by atoms with Crippen LogP contribution in [0.2, 0.25) is 0 Å². The Balaban J connectivity index is 1.73. The molecule has 0 spiro atoms. The number of likely N-dealkylation sites (tertiary alicyclic amines) is 1. The molecular weight excluding hydrogens is 256 g/mol. The Labute approximate surface area is 129 Å². The smallest absolute Gasteiger partial charge is 0.0250 e. The molecule has 1 heterocycles. The highest BCUT2D eigenvalue weighted by Crippen LogP contribution is 2.40. The first-order valence-electron chi connectivity index (χ1n) is 8.76. The number of hydrogen-bond acceptors (Lipinski definition) is 2. The number of hydrogen-bond donors (Lipinski definition) is 1. The summed E-state index contributed by atoms with van der Waals surface area (Å²) in [6.45, 7) is 3.84. The molecule has 21 heavy (non-hydrogen) atoms. The van der Waals surface area contributed by atoms with Gasteiger partial charge in [-0.2, -0.15) is 0 Å². The van der Waals surface area contributed by atoms with Crippen LogP contribution in [0.4, 0.5) is 0 Å². The van der Waals surface area contributed by atoms with E-state index in [0.29, 0.717) is 5.54 Å². The number of nitrogens with one attached hydrogen (secondary N) is 1. The van der Waals surface area contributed by atoms with Gasteiger partial charge in [0.15, 0.2) is 0 Å². The lowest BCUT2D eigenvalue weighted by Gasteiger charge is -2.47. The second-order valence-corrected chi connectivity index (χ2v) is 7.08. The molecule has 0 radical (unpaired) electrons. The first-order chi connectivity index (χ1) is 10.3. The SMILES string of the molecule is CNCC1CCC(Cc2ccccc2)(N2CCCC2)CC1. The maximum absolute atomic E-state index is 3.37. The fraction of sp³-hybridized carbons (Fsp3) is 0.684. The van der Waals surface area contributed by atoms with Gasteiger partial charge in [0.25, 0.3) is 0 Å². The number of rotatable bonds is 5. The molecule has 0 unspecified atom stereocenters. The molecule has 1 aromatic carbocycles. The highest BCUT2D eigenvalue weighted by Gasteiger charge is 2.40.